The third kappa shape index (κ3) is 4.72. The van der Waals surface area contributed by atoms with E-state index in [1.165, 1.54) is 24.4 Å². The lowest BCUT2D eigenvalue weighted by molar-refractivity contribution is 0.0952. The van der Waals surface area contributed by atoms with Crippen molar-refractivity contribution in [1.29, 1.82) is 0 Å². The monoisotopic (exact) mass is 394 g/mol. The second-order valence-electron chi connectivity index (χ2n) is 5.61. The van der Waals surface area contributed by atoms with E-state index < -0.39 is 5.91 Å². The van der Waals surface area contributed by atoms with Gasteiger partial charge in [-0.25, -0.2) is 5.43 Å². The third-order valence-electron chi connectivity index (χ3n) is 3.66. The van der Waals surface area contributed by atoms with Gasteiger partial charge in [0.05, 0.1) is 22.5 Å². The molecule has 0 saturated carbocycles. The molecule has 8 heteroatoms. The van der Waals surface area contributed by atoms with Crippen molar-refractivity contribution in [3.05, 3.63) is 82.9 Å². The summed E-state index contributed by atoms with van der Waals surface area (Å²) in [5, 5.41) is 32.1. The Morgan fingerprint density at radius 1 is 0.929 bits per heavy atom. The first-order chi connectivity index (χ1) is 13.5. The highest BCUT2D eigenvalue weighted by Gasteiger charge is 2.09. The Balaban J connectivity index is 1.73. The molecular formula is C20H15ClN4O3. The van der Waals surface area contributed by atoms with Gasteiger partial charge in [-0.15, -0.1) is 5.11 Å². The standard InChI is InChI=1S/C20H15ClN4O3/c21-16-6-2-3-7-17(16)24-23-14-9-10-18(26)13(11-14)12-22-25-20(28)15-5-1-4-8-19(15)27/h1-12,26-27H,(H,25,28)/b22-12-,24-23?. The zero-order chi connectivity index (χ0) is 19.9. The molecule has 1 amide bonds. The van der Waals surface area contributed by atoms with Crippen LogP contribution in [0.2, 0.25) is 5.02 Å². The molecule has 28 heavy (non-hydrogen) atoms. The smallest absolute Gasteiger partial charge is 0.275 e. The van der Waals surface area contributed by atoms with Crippen LogP contribution < -0.4 is 5.43 Å². The van der Waals surface area contributed by atoms with Crippen LogP contribution in [0.3, 0.4) is 0 Å². The molecule has 0 aliphatic rings. The highest BCUT2D eigenvalue weighted by molar-refractivity contribution is 6.32. The van der Waals surface area contributed by atoms with Crippen molar-refractivity contribution in [1.82, 2.24) is 5.43 Å². The van der Waals surface area contributed by atoms with Gasteiger partial charge in [0, 0.05) is 5.56 Å². The zero-order valence-electron chi connectivity index (χ0n) is 14.5. The summed E-state index contributed by atoms with van der Waals surface area (Å²) in [7, 11) is 0. The molecule has 140 valence electrons. The summed E-state index contributed by atoms with van der Waals surface area (Å²) in [5.74, 6) is -0.777. The minimum atomic E-state index is -0.580. The fourth-order valence-corrected chi connectivity index (χ4v) is 2.41. The molecule has 0 bridgehead atoms. The molecule has 3 N–H and O–H groups in total. The number of carbonyl (C=O) groups is 1. The van der Waals surface area contributed by atoms with Crippen LogP contribution in [0.1, 0.15) is 15.9 Å². The Bertz CT molecular complexity index is 1070. The maximum atomic E-state index is 12.0. The van der Waals surface area contributed by atoms with Crippen molar-refractivity contribution in [2.45, 2.75) is 0 Å². The number of azo groups is 1. The minimum absolute atomic E-state index is 0.0442. The summed E-state index contributed by atoms with van der Waals surface area (Å²) in [5.41, 5.74) is 3.68. The van der Waals surface area contributed by atoms with E-state index in [-0.39, 0.29) is 17.1 Å². The number of halogens is 1. The lowest BCUT2D eigenvalue weighted by Gasteiger charge is -2.03. The molecule has 3 aromatic rings. The third-order valence-corrected chi connectivity index (χ3v) is 3.97. The van der Waals surface area contributed by atoms with E-state index in [1.54, 1.807) is 48.5 Å². The molecule has 0 aliphatic heterocycles. The van der Waals surface area contributed by atoms with Gasteiger partial charge in [0.1, 0.15) is 17.2 Å². The molecular weight excluding hydrogens is 380 g/mol. The fraction of sp³-hybridized carbons (Fsp3) is 0. The molecule has 3 rings (SSSR count). The summed E-state index contributed by atoms with van der Waals surface area (Å²) >= 11 is 6.03. The van der Waals surface area contributed by atoms with Crippen LogP contribution in [0.4, 0.5) is 11.4 Å². The summed E-state index contributed by atoms with van der Waals surface area (Å²) < 4.78 is 0. The van der Waals surface area contributed by atoms with Crippen LogP contribution in [-0.2, 0) is 0 Å². The number of phenols is 2. The van der Waals surface area contributed by atoms with Gasteiger partial charge in [0.25, 0.3) is 5.91 Å². The minimum Gasteiger partial charge on any atom is -0.507 e. The topological polar surface area (TPSA) is 107 Å². The molecule has 0 heterocycles. The number of nitrogens with zero attached hydrogens (tertiary/aromatic N) is 3. The number of phenolic OH excluding ortho intramolecular Hbond substituents is 2. The lowest BCUT2D eigenvalue weighted by Crippen LogP contribution is -2.17. The van der Waals surface area contributed by atoms with Gasteiger partial charge in [-0.1, -0.05) is 35.9 Å². The van der Waals surface area contributed by atoms with Gasteiger partial charge in [-0.05, 0) is 42.5 Å². The number of hydrogen-bond donors (Lipinski definition) is 3. The Kier molecular flexibility index (Phi) is 5.98. The van der Waals surface area contributed by atoms with Crippen molar-refractivity contribution >= 4 is 35.1 Å². The largest absolute Gasteiger partial charge is 0.507 e. The molecule has 0 aliphatic carbocycles. The highest BCUT2D eigenvalue weighted by atomic mass is 35.5. The molecule has 0 radical (unpaired) electrons. The molecule has 0 fully saturated rings. The highest BCUT2D eigenvalue weighted by Crippen LogP contribution is 2.27. The molecule has 0 aromatic heterocycles. The van der Waals surface area contributed by atoms with E-state index in [9.17, 15) is 15.0 Å². The van der Waals surface area contributed by atoms with Crippen molar-refractivity contribution in [2.75, 3.05) is 0 Å². The Labute approximate surface area is 165 Å². The van der Waals surface area contributed by atoms with E-state index in [2.05, 4.69) is 20.8 Å². The predicted octanol–water partition coefficient (Wildman–Crippen LogP) is 4.93. The van der Waals surface area contributed by atoms with Crippen LogP contribution in [0, 0.1) is 0 Å². The van der Waals surface area contributed by atoms with Crippen LogP contribution in [-0.4, -0.2) is 22.3 Å². The normalized spacial score (nSPS) is 11.2. The number of carbonyl (C=O) groups excluding carboxylic acids is 1. The summed E-state index contributed by atoms with van der Waals surface area (Å²) in [4.78, 5) is 12.0. The van der Waals surface area contributed by atoms with Crippen molar-refractivity contribution in [2.24, 2.45) is 15.3 Å². The number of nitrogens with one attached hydrogen (secondary N) is 1. The number of amides is 1. The molecule has 0 unspecified atom stereocenters. The first-order valence-electron chi connectivity index (χ1n) is 8.15. The van der Waals surface area contributed by atoms with Crippen LogP contribution in [0.25, 0.3) is 0 Å². The van der Waals surface area contributed by atoms with Gasteiger partial charge >= 0.3 is 0 Å². The van der Waals surface area contributed by atoms with E-state index in [4.69, 9.17) is 11.6 Å². The number of hydrazone groups is 1. The molecule has 7 nitrogen and oxygen atoms in total. The second-order valence-corrected chi connectivity index (χ2v) is 6.02. The quantitative estimate of drug-likeness (QED) is 0.324. The maximum absolute atomic E-state index is 12.0. The Morgan fingerprint density at radius 3 is 2.46 bits per heavy atom. The summed E-state index contributed by atoms with van der Waals surface area (Å²) in [6, 6.07) is 17.7. The SMILES string of the molecule is O=C(N/N=C\c1cc(N=Nc2ccccc2Cl)ccc1O)c1ccccc1O. The Morgan fingerprint density at radius 2 is 1.68 bits per heavy atom. The predicted molar refractivity (Wildman–Crippen MR) is 107 cm³/mol. The average molecular weight is 395 g/mol. The first kappa shape index (κ1) is 19.1. The molecule has 0 saturated heterocycles. The first-order valence-corrected chi connectivity index (χ1v) is 8.53. The summed E-state index contributed by atoms with van der Waals surface area (Å²) in [6.45, 7) is 0. The second kappa shape index (κ2) is 8.79. The van der Waals surface area contributed by atoms with E-state index in [0.717, 1.165) is 0 Å². The van der Waals surface area contributed by atoms with Gasteiger partial charge in [-0.2, -0.15) is 10.2 Å². The number of aromatic hydroxyl groups is 2. The summed E-state index contributed by atoms with van der Waals surface area (Å²) in [6.07, 6.45) is 1.27. The van der Waals surface area contributed by atoms with Crippen LogP contribution in [0.5, 0.6) is 11.5 Å². The maximum Gasteiger partial charge on any atom is 0.275 e. The van der Waals surface area contributed by atoms with Gasteiger partial charge < -0.3 is 10.2 Å². The number of para-hydroxylation sites is 1. The zero-order valence-corrected chi connectivity index (χ0v) is 15.2. The number of benzene rings is 3. The van der Waals surface area contributed by atoms with Crippen LogP contribution in [0.15, 0.2) is 82.1 Å². The van der Waals surface area contributed by atoms with Crippen molar-refractivity contribution in [3.8, 4) is 11.5 Å². The Hall–Kier alpha value is -3.71. The molecule has 3 aromatic carbocycles. The van der Waals surface area contributed by atoms with Crippen molar-refractivity contribution in [3.63, 3.8) is 0 Å². The van der Waals surface area contributed by atoms with Crippen molar-refractivity contribution < 1.29 is 15.0 Å². The lowest BCUT2D eigenvalue weighted by atomic mass is 10.2. The van der Waals surface area contributed by atoms with Gasteiger partial charge in [0.2, 0.25) is 0 Å². The van der Waals surface area contributed by atoms with Gasteiger partial charge in [0.15, 0.2) is 0 Å². The van der Waals surface area contributed by atoms with E-state index in [0.29, 0.717) is 22.0 Å². The number of hydrogen-bond acceptors (Lipinski definition) is 6. The molecule has 0 spiro atoms. The van der Waals surface area contributed by atoms with E-state index in [1.807, 2.05) is 0 Å². The van der Waals surface area contributed by atoms with Crippen LogP contribution >= 0.6 is 11.6 Å². The fourth-order valence-electron chi connectivity index (χ4n) is 2.24. The molecule has 0 atom stereocenters. The number of rotatable bonds is 5. The van der Waals surface area contributed by atoms with E-state index >= 15 is 0 Å². The van der Waals surface area contributed by atoms with Gasteiger partial charge in [-0.3, -0.25) is 4.79 Å². The average Bonchev–Trinajstić information content (AvgIpc) is 2.69.